The van der Waals surface area contributed by atoms with E-state index in [1.807, 2.05) is 0 Å². The molecular formula is C32H29ClFN3O6. The number of ether oxygens (including phenoxy) is 1. The molecule has 0 saturated carbocycles. The zero-order valence-electron chi connectivity index (χ0n) is 23.3. The Balaban J connectivity index is 1.30. The largest absolute Gasteiger partial charge is 0.489 e. The number of Topliss-reactive ketones (excluding diaryl/α,β-unsaturated/α-hetero) is 1. The second-order valence-electron chi connectivity index (χ2n) is 10.4. The molecular weight excluding hydrogens is 577 g/mol. The van der Waals surface area contributed by atoms with E-state index in [1.165, 1.54) is 36.1 Å². The predicted molar refractivity (Wildman–Crippen MR) is 158 cm³/mol. The molecule has 1 aliphatic heterocycles. The number of likely N-dealkylation sites (tertiary alicyclic amines) is 1. The topological polar surface area (TPSA) is 118 Å². The normalized spacial score (nSPS) is 14.6. The number of amides is 2. The van der Waals surface area contributed by atoms with Crippen LogP contribution in [0.3, 0.4) is 0 Å². The number of halogens is 2. The number of rotatable bonds is 10. The molecule has 2 amide bonds. The molecule has 1 aromatic heterocycles. The lowest BCUT2D eigenvalue weighted by molar-refractivity contribution is -0.138. The third-order valence-electron chi connectivity index (χ3n) is 7.51. The Bertz CT molecular complexity index is 1720. The Morgan fingerprint density at radius 2 is 1.86 bits per heavy atom. The molecule has 5 rings (SSSR count). The van der Waals surface area contributed by atoms with Gasteiger partial charge in [0, 0.05) is 41.9 Å². The van der Waals surface area contributed by atoms with E-state index in [1.54, 1.807) is 47.2 Å². The van der Waals surface area contributed by atoms with E-state index in [-0.39, 0.29) is 53.4 Å². The highest BCUT2D eigenvalue weighted by molar-refractivity contribution is 6.30. The van der Waals surface area contributed by atoms with Crippen LogP contribution < -0.4 is 10.1 Å². The maximum atomic E-state index is 14.3. The maximum absolute atomic E-state index is 14.3. The molecule has 1 saturated heterocycles. The highest BCUT2D eigenvalue weighted by Crippen LogP contribution is 2.28. The number of fused-ring (bicyclic) bond motifs is 1. The molecule has 2 heterocycles. The first-order valence-corrected chi connectivity index (χ1v) is 14.1. The van der Waals surface area contributed by atoms with Crippen LogP contribution >= 0.6 is 11.6 Å². The fraction of sp³-hybridized carbons (Fsp3) is 0.250. The van der Waals surface area contributed by atoms with Crippen molar-refractivity contribution < 1.29 is 33.4 Å². The van der Waals surface area contributed by atoms with Gasteiger partial charge in [-0.05, 0) is 55.7 Å². The summed E-state index contributed by atoms with van der Waals surface area (Å²) < 4.78 is 21.9. The van der Waals surface area contributed by atoms with E-state index >= 15 is 0 Å². The van der Waals surface area contributed by atoms with Gasteiger partial charge in [0.05, 0.1) is 16.1 Å². The van der Waals surface area contributed by atoms with Gasteiger partial charge in [0.1, 0.15) is 30.8 Å². The molecule has 2 N–H and O–H groups in total. The number of ketones is 1. The molecule has 1 unspecified atom stereocenters. The molecule has 43 heavy (non-hydrogen) atoms. The van der Waals surface area contributed by atoms with E-state index in [2.05, 4.69) is 5.32 Å². The minimum absolute atomic E-state index is 0.0312. The number of carbonyl (C=O) groups excluding carboxylic acids is 3. The minimum atomic E-state index is -1.01. The van der Waals surface area contributed by atoms with Gasteiger partial charge in [-0.15, -0.1) is 0 Å². The summed E-state index contributed by atoms with van der Waals surface area (Å²) in [5.41, 5.74) is 2.28. The van der Waals surface area contributed by atoms with Crippen molar-refractivity contribution in [3.63, 3.8) is 0 Å². The lowest BCUT2D eigenvalue weighted by Gasteiger charge is -2.24. The van der Waals surface area contributed by atoms with Crippen LogP contribution in [0.2, 0.25) is 5.02 Å². The third kappa shape index (κ3) is 6.54. The van der Waals surface area contributed by atoms with E-state index in [0.29, 0.717) is 41.6 Å². The highest BCUT2D eigenvalue weighted by Gasteiger charge is 2.34. The van der Waals surface area contributed by atoms with Gasteiger partial charge in [0.15, 0.2) is 5.78 Å². The Kier molecular flexibility index (Phi) is 8.77. The number of carboxylic acid groups (broad SMARTS) is 1. The lowest BCUT2D eigenvalue weighted by Crippen LogP contribution is -2.46. The monoisotopic (exact) mass is 605 g/mol. The number of carboxylic acids is 1. The van der Waals surface area contributed by atoms with Crippen LogP contribution in [0.5, 0.6) is 5.75 Å². The lowest BCUT2D eigenvalue weighted by atomic mass is 10.1. The zero-order chi connectivity index (χ0) is 30.7. The van der Waals surface area contributed by atoms with E-state index in [9.17, 15) is 23.6 Å². The van der Waals surface area contributed by atoms with Gasteiger partial charge in [0.25, 0.3) is 0 Å². The highest BCUT2D eigenvalue weighted by atomic mass is 35.5. The quantitative estimate of drug-likeness (QED) is 0.239. The molecule has 0 bridgehead atoms. The Labute approximate surface area is 251 Å². The van der Waals surface area contributed by atoms with E-state index in [0.717, 1.165) is 5.56 Å². The fourth-order valence-electron chi connectivity index (χ4n) is 5.24. The third-order valence-corrected chi connectivity index (χ3v) is 7.80. The van der Waals surface area contributed by atoms with Crippen molar-refractivity contribution in [2.45, 2.75) is 45.5 Å². The van der Waals surface area contributed by atoms with Crippen molar-refractivity contribution in [1.82, 2.24) is 14.8 Å². The average Bonchev–Trinajstić information content (AvgIpc) is 3.62. The second kappa shape index (κ2) is 12.7. The summed E-state index contributed by atoms with van der Waals surface area (Å²) in [6, 6.07) is 15.5. The number of hydrogen-bond acceptors (Lipinski definition) is 5. The molecule has 3 aromatic carbocycles. The van der Waals surface area contributed by atoms with Gasteiger partial charge >= 0.3 is 5.97 Å². The van der Waals surface area contributed by atoms with Crippen LogP contribution in [0.4, 0.5) is 4.39 Å². The van der Waals surface area contributed by atoms with Crippen molar-refractivity contribution in [2.24, 2.45) is 0 Å². The predicted octanol–water partition coefficient (Wildman–Crippen LogP) is 5.22. The molecule has 0 aliphatic carbocycles. The molecule has 0 radical (unpaired) electrons. The molecule has 11 heteroatoms. The van der Waals surface area contributed by atoms with E-state index in [4.69, 9.17) is 21.4 Å². The first-order chi connectivity index (χ1) is 20.6. The van der Waals surface area contributed by atoms with Crippen molar-refractivity contribution >= 4 is 46.1 Å². The zero-order valence-corrected chi connectivity index (χ0v) is 24.1. The summed E-state index contributed by atoms with van der Waals surface area (Å²) >= 11 is 5.84. The van der Waals surface area contributed by atoms with Crippen LogP contribution in [0, 0.1) is 5.82 Å². The number of aromatic nitrogens is 1. The van der Waals surface area contributed by atoms with Crippen LogP contribution in [0.1, 0.15) is 51.6 Å². The van der Waals surface area contributed by atoms with Gasteiger partial charge in [-0.1, -0.05) is 35.9 Å². The number of hydrogen-bond donors (Lipinski definition) is 2. The summed E-state index contributed by atoms with van der Waals surface area (Å²) in [5, 5.41) is 12.4. The van der Waals surface area contributed by atoms with Crippen molar-refractivity contribution in [3.05, 3.63) is 100.0 Å². The molecule has 1 aliphatic rings. The average molecular weight is 606 g/mol. The van der Waals surface area contributed by atoms with Crippen molar-refractivity contribution in [1.29, 1.82) is 0 Å². The van der Waals surface area contributed by atoms with Gasteiger partial charge in [0.2, 0.25) is 11.8 Å². The first-order valence-electron chi connectivity index (χ1n) is 13.7. The summed E-state index contributed by atoms with van der Waals surface area (Å²) in [7, 11) is 0. The summed E-state index contributed by atoms with van der Waals surface area (Å²) in [5.74, 6) is -1.92. The fourth-order valence-corrected chi connectivity index (χ4v) is 5.44. The standard InChI is InChI=1S/C32H29ClFN3O6/c1-19(38)25-16-36(28-14-23(11-12-24(25)28)43-18-20-7-9-21(10-8-20)32(41)42)17-29(39)37-13-3-6-27(37)31(40)35-15-22-4-2-5-26(33)30(22)34/h2,4-5,7-12,14,16,27H,3,6,13,15,17-18H2,1H3,(H,35,40)(H,41,42). The number of nitrogens with zero attached hydrogens (tertiary/aromatic N) is 2. The number of aromatic carboxylic acids is 1. The van der Waals surface area contributed by atoms with Gasteiger partial charge in [-0.25, -0.2) is 9.18 Å². The SMILES string of the molecule is CC(=O)c1cn(CC(=O)N2CCCC2C(=O)NCc2cccc(Cl)c2F)c2cc(OCc3ccc(C(=O)O)cc3)ccc12. The Morgan fingerprint density at radius 1 is 1.09 bits per heavy atom. The molecule has 4 aromatic rings. The Morgan fingerprint density at radius 3 is 2.58 bits per heavy atom. The van der Waals surface area contributed by atoms with Gasteiger partial charge in [-0.3, -0.25) is 14.4 Å². The van der Waals surface area contributed by atoms with Crippen LogP contribution in [0.25, 0.3) is 10.9 Å². The number of benzene rings is 3. The first kappa shape index (κ1) is 29.8. The van der Waals surface area contributed by atoms with Crippen LogP contribution in [0.15, 0.2) is 66.9 Å². The number of nitrogens with one attached hydrogen (secondary N) is 1. The van der Waals surface area contributed by atoms with Gasteiger partial charge in [-0.2, -0.15) is 0 Å². The maximum Gasteiger partial charge on any atom is 0.335 e. The Hall–Kier alpha value is -4.70. The molecule has 9 nitrogen and oxygen atoms in total. The van der Waals surface area contributed by atoms with Gasteiger partial charge < -0.3 is 24.6 Å². The van der Waals surface area contributed by atoms with Crippen LogP contribution in [-0.2, 0) is 29.3 Å². The van der Waals surface area contributed by atoms with Crippen molar-refractivity contribution in [3.8, 4) is 5.75 Å². The molecule has 0 spiro atoms. The smallest absolute Gasteiger partial charge is 0.335 e. The minimum Gasteiger partial charge on any atom is -0.489 e. The van der Waals surface area contributed by atoms with Crippen molar-refractivity contribution in [2.75, 3.05) is 6.54 Å². The van der Waals surface area contributed by atoms with Crippen LogP contribution in [-0.4, -0.2) is 50.7 Å². The molecule has 222 valence electrons. The second-order valence-corrected chi connectivity index (χ2v) is 10.8. The van der Waals surface area contributed by atoms with E-state index < -0.39 is 17.8 Å². The summed E-state index contributed by atoms with van der Waals surface area (Å²) in [4.78, 5) is 51.5. The molecule has 1 atom stereocenters. The number of carbonyl (C=O) groups is 4. The summed E-state index contributed by atoms with van der Waals surface area (Å²) in [6.07, 6.45) is 2.75. The molecule has 1 fully saturated rings. The summed E-state index contributed by atoms with van der Waals surface area (Å²) in [6.45, 7) is 1.89.